The van der Waals surface area contributed by atoms with Crippen LogP contribution in [-0.4, -0.2) is 19.8 Å². The molecular formula is C13H18ClNO2. The van der Waals surface area contributed by atoms with Crippen LogP contribution in [0.2, 0.25) is 5.02 Å². The van der Waals surface area contributed by atoms with Crippen molar-refractivity contribution in [3.05, 3.63) is 28.3 Å². The number of rotatable bonds is 5. The zero-order valence-electron chi connectivity index (χ0n) is 10.3. The molecule has 0 aromatic heterocycles. The molecule has 1 aliphatic rings. The summed E-state index contributed by atoms with van der Waals surface area (Å²) >= 11 is 6.06. The molecule has 0 atom stereocenters. The number of nitrogens with two attached hydrogens (primary N) is 1. The Hall–Kier alpha value is -0.770. The molecule has 0 bridgehead atoms. The monoisotopic (exact) mass is 255 g/mol. The molecule has 3 nitrogen and oxygen atoms in total. The first-order valence-electron chi connectivity index (χ1n) is 5.71. The van der Waals surface area contributed by atoms with Crippen molar-refractivity contribution in [3.63, 3.8) is 0 Å². The largest absolute Gasteiger partial charge is 0.496 e. The van der Waals surface area contributed by atoms with Crippen LogP contribution in [0.15, 0.2) is 12.1 Å². The van der Waals surface area contributed by atoms with Gasteiger partial charge in [-0.05, 0) is 37.0 Å². The summed E-state index contributed by atoms with van der Waals surface area (Å²) in [7, 11) is 3.33. The van der Waals surface area contributed by atoms with Crippen molar-refractivity contribution in [2.24, 2.45) is 5.73 Å². The molecule has 0 aliphatic heterocycles. The van der Waals surface area contributed by atoms with E-state index in [1.54, 1.807) is 14.2 Å². The molecule has 0 spiro atoms. The van der Waals surface area contributed by atoms with Crippen molar-refractivity contribution in [1.82, 2.24) is 0 Å². The van der Waals surface area contributed by atoms with Crippen molar-refractivity contribution in [2.75, 3.05) is 14.2 Å². The fraction of sp³-hybridized carbons (Fsp3) is 0.538. The maximum absolute atomic E-state index is 6.18. The van der Waals surface area contributed by atoms with E-state index in [1.165, 1.54) is 0 Å². The van der Waals surface area contributed by atoms with Crippen LogP contribution in [0.5, 0.6) is 5.75 Å². The normalized spacial score (nSPS) is 16.9. The van der Waals surface area contributed by atoms with Gasteiger partial charge in [-0.3, -0.25) is 0 Å². The Kier molecular flexibility index (Phi) is 3.61. The van der Waals surface area contributed by atoms with Crippen molar-refractivity contribution < 1.29 is 9.47 Å². The molecule has 94 valence electrons. The van der Waals surface area contributed by atoms with E-state index in [1.807, 2.05) is 12.1 Å². The average Bonchev–Trinajstić information content (AvgIpc) is 3.00. The van der Waals surface area contributed by atoms with Gasteiger partial charge in [0.25, 0.3) is 0 Å². The summed E-state index contributed by atoms with van der Waals surface area (Å²) in [5.41, 5.74) is 8.31. The van der Waals surface area contributed by atoms with Gasteiger partial charge in [0, 0.05) is 23.2 Å². The van der Waals surface area contributed by atoms with Gasteiger partial charge in [0.2, 0.25) is 0 Å². The number of ether oxygens (including phenoxy) is 2. The molecule has 1 fully saturated rings. The molecule has 1 aromatic rings. The fourth-order valence-corrected chi connectivity index (χ4v) is 2.25. The van der Waals surface area contributed by atoms with Crippen LogP contribution < -0.4 is 10.5 Å². The van der Waals surface area contributed by atoms with E-state index >= 15 is 0 Å². The van der Waals surface area contributed by atoms with E-state index in [9.17, 15) is 0 Å². The van der Waals surface area contributed by atoms with Gasteiger partial charge in [-0.25, -0.2) is 0 Å². The van der Waals surface area contributed by atoms with E-state index in [2.05, 4.69) is 0 Å². The lowest BCUT2D eigenvalue weighted by molar-refractivity contribution is 0.183. The molecule has 1 aromatic carbocycles. The van der Waals surface area contributed by atoms with Crippen LogP contribution in [0.3, 0.4) is 0 Å². The topological polar surface area (TPSA) is 44.5 Å². The Balaban J connectivity index is 2.36. The van der Waals surface area contributed by atoms with E-state index < -0.39 is 0 Å². The summed E-state index contributed by atoms with van der Waals surface area (Å²) in [5, 5.41) is 0.666. The number of hydrogen-bond acceptors (Lipinski definition) is 3. The van der Waals surface area contributed by atoms with Crippen LogP contribution in [-0.2, 0) is 17.8 Å². The second kappa shape index (κ2) is 4.84. The summed E-state index contributed by atoms with van der Waals surface area (Å²) < 4.78 is 10.6. The standard InChI is InChI=1S/C13H18ClNO2/c1-16-8-9-5-10(14)6-12(17-2)11(9)7-13(15)3-4-13/h5-6H,3-4,7-8,15H2,1-2H3. The van der Waals surface area contributed by atoms with Gasteiger partial charge in [-0.2, -0.15) is 0 Å². The minimum atomic E-state index is -0.0520. The summed E-state index contributed by atoms with van der Waals surface area (Å²) in [6.45, 7) is 0.530. The van der Waals surface area contributed by atoms with Gasteiger partial charge in [0.1, 0.15) is 5.75 Å². The molecule has 0 heterocycles. The highest BCUT2D eigenvalue weighted by molar-refractivity contribution is 6.30. The molecular weight excluding hydrogens is 238 g/mol. The highest BCUT2D eigenvalue weighted by Crippen LogP contribution is 2.40. The van der Waals surface area contributed by atoms with E-state index in [0.717, 1.165) is 36.1 Å². The molecule has 17 heavy (non-hydrogen) atoms. The van der Waals surface area contributed by atoms with E-state index in [4.69, 9.17) is 26.8 Å². The predicted octanol–water partition coefficient (Wildman–Crippen LogP) is 2.53. The Morgan fingerprint density at radius 3 is 2.59 bits per heavy atom. The van der Waals surface area contributed by atoms with Crippen LogP contribution in [0.25, 0.3) is 0 Å². The molecule has 1 aliphatic carbocycles. The quantitative estimate of drug-likeness (QED) is 0.879. The first-order chi connectivity index (χ1) is 8.08. The van der Waals surface area contributed by atoms with Gasteiger partial charge in [0.05, 0.1) is 13.7 Å². The summed E-state index contributed by atoms with van der Waals surface area (Å²) in [6.07, 6.45) is 2.97. The number of hydrogen-bond donors (Lipinski definition) is 1. The van der Waals surface area contributed by atoms with Gasteiger partial charge in [-0.1, -0.05) is 11.6 Å². The number of halogens is 1. The molecule has 0 unspecified atom stereocenters. The minimum Gasteiger partial charge on any atom is -0.496 e. The lowest BCUT2D eigenvalue weighted by Crippen LogP contribution is -2.25. The van der Waals surface area contributed by atoms with Crippen molar-refractivity contribution >= 4 is 11.6 Å². The first kappa shape index (κ1) is 12.7. The zero-order valence-corrected chi connectivity index (χ0v) is 11.0. The molecule has 1 saturated carbocycles. The van der Waals surface area contributed by atoms with Gasteiger partial charge >= 0.3 is 0 Å². The highest BCUT2D eigenvalue weighted by Gasteiger charge is 2.39. The lowest BCUT2D eigenvalue weighted by atomic mass is 9.98. The summed E-state index contributed by atoms with van der Waals surface area (Å²) in [6, 6.07) is 3.76. The Bertz CT molecular complexity index is 416. The second-order valence-electron chi connectivity index (χ2n) is 4.72. The number of benzene rings is 1. The zero-order chi connectivity index (χ0) is 12.5. The third-order valence-electron chi connectivity index (χ3n) is 3.21. The molecule has 0 amide bonds. The average molecular weight is 256 g/mol. The minimum absolute atomic E-state index is 0.0520. The van der Waals surface area contributed by atoms with Crippen LogP contribution in [0.1, 0.15) is 24.0 Å². The SMILES string of the molecule is COCc1cc(Cl)cc(OC)c1CC1(N)CC1. The first-order valence-corrected chi connectivity index (χ1v) is 6.09. The molecule has 2 N–H and O–H groups in total. The van der Waals surface area contributed by atoms with Gasteiger partial charge in [-0.15, -0.1) is 0 Å². The van der Waals surface area contributed by atoms with Crippen molar-refractivity contribution in [3.8, 4) is 5.75 Å². The Morgan fingerprint density at radius 1 is 1.35 bits per heavy atom. The Morgan fingerprint density at radius 2 is 2.06 bits per heavy atom. The maximum Gasteiger partial charge on any atom is 0.123 e. The van der Waals surface area contributed by atoms with Gasteiger partial charge in [0.15, 0.2) is 0 Å². The van der Waals surface area contributed by atoms with Crippen molar-refractivity contribution in [1.29, 1.82) is 0 Å². The number of methoxy groups -OCH3 is 2. The molecule has 4 heteroatoms. The van der Waals surface area contributed by atoms with Gasteiger partial charge < -0.3 is 15.2 Å². The highest BCUT2D eigenvalue weighted by atomic mass is 35.5. The summed E-state index contributed by atoms with van der Waals surface area (Å²) in [4.78, 5) is 0. The van der Waals surface area contributed by atoms with Crippen LogP contribution in [0.4, 0.5) is 0 Å². The Labute approximate surface area is 107 Å². The molecule has 0 saturated heterocycles. The maximum atomic E-state index is 6.18. The second-order valence-corrected chi connectivity index (χ2v) is 5.15. The fourth-order valence-electron chi connectivity index (χ4n) is 2.02. The van der Waals surface area contributed by atoms with Crippen LogP contribution in [0, 0.1) is 0 Å². The van der Waals surface area contributed by atoms with E-state index in [-0.39, 0.29) is 5.54 Å². The third kappa shape index (κ3) is 2.92. The lowest BCUT2D eigenvalue weighted by Gasteiger charge is -2.17. The van der Waals surface area contributed by atoms with Crippen molar-refractivity contribution in [2.45, 2.75) is 31.4 Å². The summed E-state index contributed by atoms with van der Waals surface area (Å²) in [5.74, 6) is 0.807. The molecule has 0 radical (unpaired) electrons. The third-order valence-corrected chi connectivity index (χ3v) is 3.43. The van der Waals surface area contributed by atoms with Crippen LogP contribution >= 0.6 is 11.6 Å². The predicted molar refractivity (Wildman–Crippen MR) is 68.6 cm³/mol. The van der Waals surface area contributed by atoms with E-state index in [0.29, 0.717) is 11.6 Å². The smallest absolute Gasteiger partial charge is 0.123 e. The molecule has 2 rings (SSSR count).